The number of aromatic hydroxyl groups is 1. The van der Waals surface area contributed by atoms with E-state index in [4.69, 9.17) is 5.73 Å². The standard InChI is InChI=1S/C9H10FNO2/c10-4-6-1-2-8(12)7(3-6)9(13)5-11/h1-3,12H,4-5,11H2. The highest BCUT2D eigenvalue weighted by atomic mass is 19.1. The van der Waals surface area contributed by atoms with Gasteiger partial charge in [-0.2, -0.15) is 0 Å². The summed E-state index contributed by atoms with van der Waals surface area (Å²) in [6.07, 6.45) is 0. The summed E-state index contributed by atoms with van der Waals surface area (Å²) in [7, 11) is 0. The van der Waals surface area contributed by atoms with Crippen LogP contribution in [0.1, 0.15) is 15.9 Å². The molecule has 0 bridgehead atoms. The van der Waals surface area contributed by atoms with E-state index in [0.29, 0.717) is 5.56 Å². The van der Waals surface area contributed by atoms with Gasteiger partial charge in [-0.1, -0.05) is 6.07 Å². The zero-order chi connectivity index (χ0) is 9.84. The van der Waals surface area contributed by atoms with E-state index in [1.807, 2.05) is 0 Å². The number of alkyl halides is 1. The largest absolute Gasteiger partial charge is 0.507 e. The number of ketones is 1. The van der Waals surface area contributed by atoms with E-state index in [1.54, 1.807) is 0 Å². The minimum Gasteiger partial charge on any atom is -0.507 e. The molecule has 3 nitrogen and oxygen atoms in total. The van der Waals surface area contributed by atoms with Gasteiger partial charge < -0.3 is 10.8 Å². The third kappa shape index (κ3) is 2.03. The van der Waals surface area contributed by atoms with Crippen LogP contribution in [0.5, 0.6) is 5.75 Å². The third-order valence-electron chi connectivity index (χ3n) is 1.70. The lowest BCUT2D eigenvalue weighted by molar-refractivity contribution is 0.0998. The Hall–Kier alpha value is -1.42. The smallest absolute Gasteiger partial charge is 0.180 e. The minimum absolute atomic E-state index is 0.0812. The number of phenols is 1. The quantitative estimate of drug-likeness (QED) is 0.687. The van der Waals surface area contributed by atoms with Crippen molar-refractivity contribution in [1.82, 2.24) is 0 Å². The molecular formula is C9H10FNO2. The maximum Gasteiger partial charge on any atom is 0.180 e. The molecule has 0 aromatic heterocycles. The third-order valence-corrected chi connectivity index (χ3v) is 1.70. The van der Waals surface area contributed by atoms with E-state index < -0.39 is 12.5 Å². The van der Waals surface area contributed by atoms with Crippen LogP contribution >= 0.6 is 0 Å². The van der Waals surface area contributed by atoms with Crippen LogP contribution in [0.3, 0.4) is 0 Å². The molecule has 1 rings (SSSR count). The monoisotopic (exact) mass is 183 g/mol. The first-order valence-corrected chi connectivity index (χ1v) is 3.80. The van der Waals surface area contributed by atoms with Crippen LogP contribution in [0.15, 0.2) is 18.2 Å². The number of benzene rings is 1. The lowest BCUT2D eigenvalue weighted by atomic mass is 10.1. The summed E-state index contributed by atoms with van der Waals surface area (Å²) in [5, 5.41) is 9.23. The van der Waals surface area contributed by atoms with Crippen LogP contribution in [-0.4, -0.2) is 17.4 Å². The number of rotatable bonds is 3. The highest BCUT2D eigenvalue weighted by Crippen LogP contribution is 2.19. The topological polar surface area (TPSA) is 63.3 Å². The second-order valence-electron chi connectivity index (χ2n) is 2.61. The van der Waals surface area contributed by atoms with Crippen LogP contribution in [-0.2, 0) is 6.67 Å². The van der Waals surface area contributed by atoms with E-state index in [-0.39, 0.29) is 17.9 Å². The Morgan fingerprint density at radius 2 is 2.23 bits per heavy atom. The van der Waals surface area contributed by atoms with Crippen molar-refractivity contribution in [3.63, 3.8) is 0 Å². The van der Waals surface area contributed by atoms with Crippen LogP contribution in [0, 0.1) is 0 Å². The second-order valence-corrected chi connectivity index (χ2v) is 2.61. The fraction of sp³-hybridized carbons (Fsp3) is 0.222. The molecule has 0 aliphatic heterocycles. The number of phenolic OH excluding ortho intramolecular Hbond substituents is 1. The van der Waals surface area contributed by atoms with Gasteiger partial charge in [0.15, 0.2) is 5.78 Å². The molecule has 0 saturated carbocycles. The molecule has 0 amide bonds. The predicted molar refractivity (Wildman–Crippen MR) is 46.3 cm³/mol. The molecule has 0 fully saturated rings. The van der Waals surface area contributed by atoms with E-state index in [0.717, 1.165) is 0 Å². The summed E-state index contributed by atoms with van der Waals surface area (Å²) in [5.74, 6) is -0.555. The predicted octanol–water partition coefficient (Wildman–Crippen LogP) is 1.00. The normalized spacial score (nSPS) is 10.0. The zero-order valence-corrected chi connectivity index (χ0v) is 6.96. The van der Waals surface area contributed by atoms with Gasteiger partial charge in [-0.05, 0) is 17.7 Å². The van der Waals surface area contributed by atoms with Crippen molar-refractivity contribution in [3.05, 3.63) is 29.3 Å². The van der Waals surface area contributed by atoms with Gasteiger partial charge in [0.1, 0.15) is 12.4 Å². The van der Waals surface area contributed by atoms with Crippen LogP contribution in [0.25, 0.3) is 0 Å². The molecule has 0 aliphatic rings. The summed E-state index contributed by atoms with van der Waals surface area (Å²) in [6.45, 7) is -0.853. The number of Topliss-reactive ketones (excluding diaryl/α,β-unsaturated/α-hetero) is 1. The fourth-order valence-corrected chi connectivity index (χ4v) is 1.000. The zero-order valence-electron chi connectivity index (χ0n) is 6.96. The summed E-state index contributed by atoms with van der Waals surface area (Å²) >= 11 is 0. The Kier molecular flexibility index (Phi) is 2.97. The number of carbonyl (C=O) groups is 1. The van der Waals surface area contributed by atoms with Gasteiger partial charge in [0.05, 0.1) is 12.1 Å². The number of hydrogen-bond acceptors (Lipinski definition) is 3. The molecule has 0 heterocycles. The maximum atomic E-state index is 12.2. The first-order valence-electron chi connectivity index (χ1n) is 3.80. The van der Waals surface area contributed by atoms with Gasteiger partial charge in [0.2, 0.25) is 0 Å². The van der Waals surface area contributed by atoms with E-state index in [9.17, 15) is 14.3 Å². The summed E-state index contributed by atoms with van der Waals surface area (Å²) in [6, 6.07) is 4.02. The lowest BCUT2D eigenvalue weighted by Gasteiger charge is -2.03. The average Bonchev–Trinajstić information content (AvgIpc) is 2.17. The van der Waals surface area contributed by atoms with Crippen LogP contribution in [0.2, 0.25) is 0 Å². The highest BCUT2D eigenvalue weighted by molar-refractivity contribution is 6.00. The average molecular weight is 183 g/mol. The van der Waals surface area contributed by atoms with Crippen molar-refractivity contribution >= 4 is 5.78 Å². The number of halogens is 1. The first-order chi connectivity index (χ1) is 6.19. The molecule has 70 valence electrons. The van der Waals surface area contributed by atoms with E-state index in [1.165, 1.54) is 18.2 Å². The minimum atomic E-state index is -0.662. The lowest BCUT2D eigenvalue weighted by Crippen LogP contribution is -2.13. The maximum absolute atomic E-state index is 12.2. The highest BCUT2D eigenvalue weighted by Gasteiger charge is 2.09. The van der Waals surface area contributed by atoms with Gasteiger partial charge in [0.25, 0.3) is 0 Å². The molecule has 0 aliphatic carbocycles. The summed E-state index contributed by atoms with van der Waals surface area (Å²) in [4.78, 5) is 11.1. The van der Waals surface area contributed by atoms with Gasteiger partial charge in [-0.25, -0.2) is 4.39 Å². The van der Waals surface area contributed by atoms with Crippen molar-refractivity contribution in [2.45, 2.75) is 6.67 Å². The summed E-state index contributed by atoms with van der Waals surface area (Å²) < 4.78 is 12.2. The Morgan fingerprint density at radius 3 is 2.77 bits per heavy atom. The summed E-state index contributed by atoms with van der Waals surface area (Å²) in [5.41, 5.74) is 5.55. The molecule has 3 N–H and O–H groups in total. The Morgan fingerprint density at radius 1 is 1.54 bits per heavy atom. The Bertz CT molecular complexity index is 325. The van der Waals surface area contributed by atoms with Crippen molar-refractivity contribution in [2.75, 3.05) is 6.54 Å². The number of hydrogen-bond donors (Lipinski definition) is 2. The first kappa shape index (κ1) is 9.67. The van der Waals surface area contributed by atoms with Crippen molar-refractivity contribution < 1.29 is 14.3 Å². The Balaban J connectivity index is 3.11. The molecule has 0 atom stereocenters. The van der Waals surface area contributed by atoms with E-state index in [2.05, 4.69) is 0 Å². The van der Waals surface area contributed by atoms with Gasteiger partial charge >= 0.3 is 0 Å². The molecule has 4 heteroatoms. The SMILES string of the molecule is NCC(=O)c1cc(CF)ccc1O. The van der Waals surface area contributed by atoms with Gasteiger partial charge in [-0.3, -0.25) is 4.79 Å². The number of nitrogens with two attached hydrogens (primary N) is 1. The molecule has 1 aromatic rings. The van der Waals surface area contributed by atoms with Gasteiger partial charge in [-0.15, -0.1) is 0 Å². The molecule has 0 saturated heterocycles. The molecule has 0 spiro atoms. The van der Waals surface area contributed by atoms with Crippen LogP contribution < -0.4 is 5.73 Å². The van der Waals surface area contributed by atoms with Crippen molar-refractivity contribution in [3.8, 4) is 5.75 Å². The fourth-order valence-electron chi connectivity index (χ4n) is 1.000. The number of carbonyl (C=O) groups excluding carboxylic acids is 1. The van der Waals surface area contributed by atoms with E-state index >= 15 is 0 Å². The van der Waals surface area contributed by atoms with Gasteiger partial charge in [0, 0.05) is 0 Å². The van der Waals surface area contributed by atoms with Crippen molar-refractivity contribution in [1.29, 1.82) is 0 Å². The van der Waals surface area contributed by atoms with Crippen LogP contribution in [0.4, 0.5) is 4.39 Å². The molecule has 0 radical (unpaired) electrons. The molecular weight excluding hydrogens is 173 g/mol. The second kappa shape index (κ2) is 4.00. The Labute approximate surface area is 75.0 Å². The molecule has 13 heavy (non-hydrogen) atoms. The molecule has 1 aromatic carbocycles. The molecule has 0 unspecified atom stereocenters. The van der Waals surface area contributed by atoms with Crippen molar-refractivity contribution in [2.24, 2.45) is 5.73 Å².